The van der Waals surface area contributed by atoms with Crippen molar-refractivity contribution in [3.05, 3.63) is 84.3 Å². The second-order valence-electron chi connectivity index (χ2n) is 7.17. The van der Waals surface area contributed by atoms with Gasteiger partial charge in [0.1, 0.15) is 24.2 Å². The van der Waals surface area contributed by atoms with Crippen LogP contribution < -0.4 is 5.32 Å². The third-order valence-electron chi connectivity index (χ3n) is 4.65. The summed E-state index contributed by atoms with van der Waals surface area (Å²) in [6.07, 6.45) is 4.73. The van der Waals surface area contributed by atoms with Crippen molar-refractivity contribution in [2.45, 2.75) is 26.4 Å². The van der Waals surface area contributed by atoms with Crippen LogP contribution in [0.3, 0.4) is 0 Å². The molecule has 2 heterocycles. The van der Waals surface area contributed by atoms with Crippen molar-refractivity contribution in [2.24, 2.45) is 0 Å². The van der Waals surface area contributed by atoms with Crippen LogP contribution in [-0.2, 0) is 6.54 Å². The van der Waals surface area contributed by atoms with E-state index in [4.69, 9.17) is 0 Å². The Labute approximate surface area is 173 Å². The molecule has 7 nitrogen and oxygen atoms in total. The Morgan fingerprint density at radius 2 is 2.00 bits per heavy atom. The monoisotopic (exact) mass is 404 g/mol. The van der Waals surface area contributed by atoms with E-state index in [9.17, 15) is 9.18 Å². The van der Waals surface area contributed by atoms with Crippen molar-refractivity contribution in [3.8, 4) is 16.9 Å². The van der Waals surface area contributed by atoms with Crippen LogP contribution in [0.2, 0.25) is 0 Å². The van der Waals surface area contributed by atoms with E-state index < -0.39 is 0 Å². The van der Waals surface area contributed by atoms with Crippen LogP contribution in [0.4, 0.5) is 4.39 Å². The number of carbonyl (C=O) groups excluding carboxylic acids is 1. The molecule has 0 bridgehead atoms. The van der Waals surface area contributed by atoms with E-state index in [1.54, 1.807) is 34.0 Å². The van der Waals surface area contributed by atoms with Gasteiger partial charge >= 0.3 is 0 Å². The molecule has 4 aromatic rings. The number of hydrogen-bond donors (Lipinski definition) is 1. The molecule has 0 radical (unpaired) electrons. The first-order valence-corrected chi connectivity index (χ1v) is 9.55. The van der Waals surface area contributed by atoms with E-state index in [1.807, 2.05) is 38.1 Å². The van der Waals surface area contributed by atoms with Gasteiger partial charge in [-0.05, 0) is 44.2 Å². The Morgan fingerprint density at radius 1 is 1.20 bits per heavy atom. The van der Waals surface area contributed by atoms with Gasteiger partial charge in [-0.25, -0.2) is 14.1 Å². The summed E-state index contributed by atoms with van der Waals surface area (Å²) >= 11 is 0. The highest BCUT2D eigenvalue weighted by Gasteiger charge is 2.20. The summed E-state index contributed by atoms with van der Waals surface area (Å²) in [5.74, 6) is -0.572. The molecule has 152 valence electrons. The molecule has 30 heavy (non-hydrogen) atoms. The lowest BCUT2D eigenvalue weighted by molar-refractivity contribution is 0.0936. The summed E-state index contributed by atoms with van der Waals surface area (Å²) in [4.78, 5) is 17.0. The van der Waals surface area contributed by atoms with Crippen LogP contribution in [0.25, 0.3) is 16.9 Å². The molecule has 0 aliphatic carbocycles. The fourth-order valence-corrected chi connectivity index (χ4v) is 3.23. The van der Waals surface area contributed by atoms with E-state index in [2.05, 4.69) is 20.5 Å². The molecule has 1 unspecified atom stereocenters. The number of nitrogens with zero attached hydrogens (tertiary/aromatic N) is 5. The van der Waals surface area contributed by atoms with Crippen LogP contribution in [-0.4, -0.2) is 36.5 Å². The zero-order valence-corrected chi connectivity index (χ0v) is 16.7. The smallest absolute Gasteiger partial charge is 0.255 e. The third-order valence-corrected chi connectivity index (χ3v) is 4.65. The molecule has 2 aromatic carbocycles. The Bertz CT molecular complexity index is 1150. The number of aromatic nitrogens is 5. The number of nitrogens with one attached hydrogen (secondary N) is 1. The molecule has 2 aromatic heterocycles. The predicted molar refractivity (Wildman–Crippen MR) is 111 cm³/mol. The molecule has 0 spiro atoms. The molecule has 0 saturated heterocycles. The Hall–Kier alpha value is -3.81. The quantitative estimate of drug-likeness (QED) is 0.534. The van der Waals surface area contributed by atoms with Crippen molar-refractivity contribution < 1.29 is 9.18 Å². The molecule has 0 aliphatic heterocycles. The van der Waals surface area contributed by atoms with Gasteiger partial charge in [-0.2, -0.15) is 10.2 Å². The van der Waals surface area contributed by atoms with Crippen LogP contribution in [0, 0.1) is 12.7 Å². The lowest BCUT2D eigenvalue weighted by atomic mass is 10.1. The molecular weight excluding hydrogens is 383 g/mol. The summed E-state index contributed by atoms with van der Waals surface area (Å²) in [6.45, 7) is 4.38. The molecule has 1 amide bonds. The number of carbonyl (C=O) groups is 1. The first-order valence-electron chi connectivity index (χ1n) is 9.55. The Kier molecular flexibility index (Phi) is 5.38. The third kappa shape index (κ3) is 4.27. The number of hydrogen-bond acceptors (Lipinski definition) is 4. The largest absolute Gasteiger partial charge is 0.348 e. The zero-order chi connectivity index (χ0) is 21.1. The lowest BCUT2D eigenvalue weighted by Crippen LogP contribution is -2.35. The van der Waals surface area contributed by atoms with Gasteiger partial charge in [-0.1, -0.05) is 23.8 Å². The molecule has 4 rings (SSSR count). The number of rotatable bonds is 6. The lowest BCUT2D eigenvalue weighted by Gasteiger charge is -2.13. The van der Waals surface area contributed by atoms with Crippen molar-refractivity contribution in [1.29, 1.82) is 0 Å². The van der Waals surface area contributed by atoms with Crippen LogP contribution in [0.15, 0.2) is 67.4 Å². The highest BCUT2D eigenvalue weighted by molar-refractivity contribution is 6.00. The summed E-state index contributed by atoms with van der Waals surface area (Å²) in [7, 11) is 0. The minimum Gasteiger partial charge on any atom is -0.348 e. The van der Waals surface area contributed by atoms with E-state index in [0.29, 0.717) is 23.5 Å². The van der Waals surface area contributed by atoms with E-state index in [-0.39, 0.29) is 17.8 Å². The minimum atomic E-state index is -0.329. The van der Waals surface area contributed by atoms with Crippen molar-refractivity contribution in [1.82, 2.24) is 29.9 Å². The van der Waals surface area contributed by atoms with E-state index in [1.165, 1.54) is 18.5 Å². The van der Waals surface area contributed by atoms with Gasteiger partial charge in [0.05, 0.1) is 17.8 Å². The predicted octanol–water partition coefficient (Wildman–Crippen LogP) is 3.40. The standard InChI is InChI=1S/C22H21FN6O/c1-15-4-3-5-17(10-15)21-20(12-29(27-21)19-8-6-18(23)7-9-19)22(30)26-16(2)11-28-14-24-13-25-28/h3-10,12-14,16H,11H2,1-2H3,(H,26,30). The highest BCUT2D eigenvalue weighted by Crippen LogP contribution is 2.25. The van der Waals surface area contributed by atoms with E-state index in [0.717, 1.165) is 11.1 Å². The molecule has 0 fully saturated rings. The van der Waals surface area contributed by atoms with Gasteiger partial charge in [0.25, 0.3) is 5.91 Å². The Balaban J connectivity index is 1.67. The number of benzene rings is 2. The summed E-state index contributed by atoms with van der Waals surface area (Å²) < 4.78 is 16.6. The van der Waals surface area contributed by atoms with Gasteiger partial charge in [-0.15, -0.1) is 0 Å². The maximum atomic E-state index is 13.3. The SMILES string of the molecule is Cc1cccc(-c2nn(-c3ccc(F)cc3)cc2C(=O)NC(C)Cn2cncn2)c1. The number of amides is 1. The minimum absolute atomic E-state index is 0.168. The van der Waals surface area contributed by atoms with Crippen molar-refractivity contribution >= 4 is 5.91 Å². The van der Waals surface area contributed by atoms with Crippen LogP contribution in [0.5, 0.6) is 0 Å². The van der Waals surface area contributed by atoms with Gasteiger partial charge in [0.2, 0.25) is 0 Å². The Morgan fingerprint density at radius 3 is 2.70 bits per heavy atom. The van der Waals surface area contributed by atoms with Gasteiger partial charge < -0.3 is 5.32 Å². The zero-order valence-electron chi connectivity index (χ0n) is 16.7. The van der Waals surface area contributed by atoms with E-state index >= 15 is 0 Å². The first kappa shape index (κ1) is 19.5. The van der Waals surface area contributed by atoms with Gasteiger partial charge in [-0.3, -0.25) is 9.48 Å². The summed E-state index contributed by atoms with van der Waals surface area (Å²) in [5, 5.41) is 11.7. The molecular formula is C22H21FN6O. The molecule has 1 atom stereocenters. The second kappa shape index (κ2) is 8.28. The summed E-state index contributed by atoms with van der Waals surface area (Å²) in [6, 6.07) is 13.6. The maximum Gasteiger partial charge on any atom is 0.255 e. The molecule has 0 aliphatic rings. The number of aryl methyl sites for hydroxylation is 1. The molecule has 1 N–H and O–H groups in total. The average molecular weight is 404 g/mol. The fourth-order valence-electron chi connectivity index (χ4n) is 3.23. The number of halogens is 1. The first-order chi connectivity index (χ1) is 14.5. The maximum absolute atomic E-state index is 13.3. The highest BCUT2D eigenvalue weighted by atomic mass is 19.1. The second-order valence-corrected chi connectivity index (χ2v) is 7.17. The average Bonchev–Trinajstić information content (AvgIpc) is 3.38. The summed E-state index contributed by atoms with van der Waals surface area (Å²) in [5.41, 5.74) is 3.57. The van der Waals surface area contributed by atoms with Gasteiger partial charge in [0, 0.05) is 17.8 Å². The van der Waals surface area contributed by atoms with Crippen molar-refractivity contribution in [3.63, 3.8) is 0 Å². The fraction of sp³-hybridized carbons (Fsp3) is 0.182. The van der Waals surface area contributed by atoms with Crippen molar-refractivity contribution in [2.75, 3.05) is 0 Å². The van der Waals surface area contributed by atoms with Gasteiger partial charge in [0.15, 0.2) is 0 Å². The topological polar surface area (TPSA) is 77.6 Å². The normalized spacial score (nSPS) is 12.0. The van der Waals surface area contributed by atoms with Crippen LogP contribution >= 0.6 is 0 Å². The molecule has 0 saturated carbocycles. The molecule has 8 heteroatoms. The van der Waals surface area contributed by atoms with Crippen LogP contribution in [0.1, 0.15) is 22.8 Å².